The third-order valence-corrected chi connectivity index (χ3v) is 8.37. The number of aryl methyl sites for hydroxylation is 1. The van der Waals surface area contributed by atoms with Crippen LogP contribution in [-0.2, 0) is 14.8 Å². The second kappa shape index (κ2) is 13.2. The number of anilines is 1. The van der Waals surface area contributed by atoms with Gasteiger partial charge in [0.1, 0.15) is 12.3 Å². The van der Waals surface area contributed by atoms with Crippen molar-refractivity contribution in [2.45, 2.75) is 24.8 Å². The molecule has 0 aliphatic carbocycles. The fourth-order valence-electron chi connectivity index (χ4n) is 4.53. The SMILES string of the molecule is CCOc1ccc(N(CC(=O)NC(c2ccccc2)c2ccccc2C)S(=O)(=O)c2ccc(OC)c(OC)c2)cc1. The molecule has 1 unspecified atom stereocenters. The number of nitrogens with zero attached hydrogens (tertiary/aromatic N) is 1. The highest BCUT2D eigenvalue weighted by molar-refractivity contribution is 7.92. The largest absolute Gasteiger partial charge is 0.494 e. The van der Waals surface area contributed by atoms with Crippen LogP contribution in [0.2, 0.25) is 0 Å². The van der Waals surface area contributed by atoms with Gasteiger partial charge in [0.2, 0.25) is 5.91 Å². The lowest BCUT2D eigenvalue weighted by Crippen LogP contribution is -2.42. The van der Waals surface area contributed by atoms with Gasteiger partial charge in [-0.25, -0.2) is 8.42 Å². The van der Waals surface area contributed by atoms with Crippen molar-refractivity contribution in [1.82, 2.24) is 5.32 Å². The quantitative estimate of drug-likeness (QED) is 0.240. The first kappa shape index (κ1) is 29.5. The molecule has 0 aromatic heterocycles. The molecule has 0 spiro atoms. The molecule has 0 saturated carbocycles. The van der Waals surface area contributed by atoms with Crippen molar-refractivity contribution in [3.63, 3.8) is 0 Å². The van der Waals surface area contributed by atoms with Crippen LogP contribution in [0, 0.1) is 6.92 Å². The maximum absolute atomic E-state index is 14.0. The van der Waals surface area contributed by atoms with E-state index in [0.29, 0.717) is 23.8 Å². The molecule has 41 heavy (non-hydrogen) atoms. The highest BCUT2D eigenvalue weighted by atomic mass is 32.2. The van der Waals surface area contributed by atoms with Crippen molar-refractivity contribution < 1.29 is 27.4 Å². The molecule has 4 rings (SSSR count). The number of carbonyl (C=O) groups is 1. The second-order valence-electron chi connectivity index (χ2n) is 9.22. The standard InChI is InChI=1S/C32H34N2O6S/c1-5-40-26-17-15-25(16-18-26)34(41(36,37)27-19-20-29(38-3)30(21-27)39-4)22-31(35)33-32(24-12-7-6-8-13-24)28-14-10-9-11-23(28)2/h6-21,32H,5,22H2,1-4H3,(H,33,35). The van der Waals surface area contributed by atoms with Gasteiger partial charge in [-0.3, -0.25) is 9.10 Å². The van der Waals surface area contributed by atoms with E-state index in [1.54, 1.807) is 24.3 Å². The van der Waals surface area contributed by atoms with E-state index >= 15 is 0 Å². The Bertz CT molecular complexity index is 1570. The summed E-state index contributed by atoms with van der Waals surface area (Å²) in [5, 5.41) is 3.07. The minimum Gasteiger partial charge on any atom is -0.494 e. The molecular weight excluding hydrogens is 540 g/mol. The van der Waals surface area contributed by atoms with Crippen LogP contribution in [0.4, 0.5) is 5.69 Å². The van der Waals surface area contributed by atoms with Gasteiger partial charge in [-0.15, -0.1) is 0 Å². The van der Waals surface area contributed by atoms with Crippen LogP contribution in [0.25, 0.3) is 0 Å². The summed E-state index contributed by atoms with van der Waals surface area (Å²) in [5.41, 5.74) is 3.11. The number of rotatable bonds is 12. The molecule has 1 amide bonds. The van der Waals surface area contributed by atoms with Gasteiger partial charge in [-0.1, -0.05) is 54.6 Å². The highest BCUT2D eigenvalue weighted by Crippen LogP contribution is 2.33. The first-order valence-corrected chi connectivity index (χ1v) is 14.6. The molecule has 0 radical (unpaired) electrons. The molecule has 0 bridgehead atoms. The first-order chi connectivity index (χ1) is 19.8. The van der Waals surface area contributed by atoms with Crippen LogP contribution in [0.5, 0.6) is 17.2 Å². The molecule has 0 heterocycles. The highest BCUT2D eigenvalue weighted by Gasteiger charge is 2.30. The summed E-state index contributed by atoms with van der Waals surface area (Å²) in [6.07, 6.45) is 0. The van der Waals surface area contributed by atoms with Gasteiger partial charge in [0.15, 0.2) is 11.5 Å². The van der Waals surface area contributed by atoms with Crippen LogP contribution < -0.4 is 23.8 Å². The minimum absolute atomic E-state index is 0.0460. The second-order valence-corrected chi connectivity index (χ2v) is 11.1. The molecule has 1 N–H and O–H groups in total. The number of benzene rings is 4. The Morgan fingerprint density at radius 2 is 1.51 bits per heavy atom. The van der Waals surface area contributed by atoms with Gasteiger partial charge in [0.05, 0.1) is 37.5 Å². The molecule has 214 valence electrons. The van der Waals surface area contributed by atoms with Crippen molar-refractivity contribution in [2.75, 3.05) is 31.7 Å². The molecule has 0 aliphatic heterocycles. The number of hydrogen-bond donors (Lipinski definition) is 1. The van der Waals surface area contributed by atoms with Gasteiger partial charge in [0, 0.05) is 6.07 Å². The van der Waals surface area contributed by atoms with E-state index in [1.807, 2.05) is 68.4 Å². The molecule has 0 saturated heterocycles. The molecule has 4 aromatic rings. The van der Waals surface area contributed by atoms with Crippen molar-refractivity contribution in [3.8, 4) is 17.2 Å². The van der Waals surface area contributed by atoms with Gasteiger partial charge in [0.25, 0.3) is 10.0 Å². The molecule has 0 aliphatic rings. The maximum atomic E-state index is 14.0. The minimum atomic E-state index is -4.21. The summed E-state index contributed by atoms with van der Waals surface area (Å²) in [6, 6.07) is 27.8. The Hall–Kier alpha value is -4.50. The van der Waals surface area contributed by atoms with E-state index in [4.69, 9.17) is 14.2 Å². The van der Waals surface area contributed by atoms with Gasteiger partial charge in [-0.05, 0) is 66.9 Å². The van der Waals surface area contributed by atoms with Crippen LogP contribution >= 0.6 is 0 Å². The Balaban J connectivity index is 1.72. The van der Waals surface area contributed by atoms with Crippen molar-refractivity contribution in [1.29, 1.82) is 0 Å². The first-order valence-electron chi connectivity index (χ1n) is 13.2. The molecule has 8 nitrogen and oxygen atoms in total. The summed E-state index contributed by atoms with van der Waals surface area (Å²) >= 11 is 0. The van der Waals surface area contributed by atoms with E-state index in [2.05, 4.69) is 5.32 Å². The van der Waals surface area contributed by atoms with Crippen molar-refractivity contribution >= 4 is 21.6 Å². The smallest absolute Gasteiger partial charge is 0.264 e. The van der Waals surface area contributed by atoms with Crippen LogP contribution in [0.15, 0.2) is 102 Å². The maximum Gasteiger partial charge on any atom is 0.264 e. The monoisotopic (exact) mass is 574 g/mol. The van der Waals surface area contributed by atoms with Crippen molar-refractivity contribution in [2.24, 2.45) is 0 Å². The summed E-state index contributed by atoms with van der Waals surface area (Å²) in [6.45, 7) is 3.85. The number of methoxy groups -OCH3 is 2. The Morgan fingerprint density at radius 1 is 0.854 bits per heavy atom. The Labute approximate surface area is 241 Å². The zero-order valence-electron chi connectivity index (χ0n) is 23.5. The Kier molecular flexibility index (Phi) is 9.52. The Morgan fingerprint density at radius 3 is 2.15 bits per heavy atom. The van der Waals surface area contributed by atoms with E-state index in [1.165, 1.54) is 32.4 Å². The van der Waals surface area contributed by atoms with E-state index in [9.17, 15) is 13.2 Å². The number of carbonyl (C=O) groups excluding carboxylic acids is 1. The number of amides is 1. The summed E-state index contributed by atoms with van der Waals surface area (Å²) in [7, 11) is -1.30. The molecule has 1 atom stereocenters. The third-order valence-electron chi connectivity index (χ3n) is 6.60. The van der Waals surface area contributed by atoms with Gasteiger partial charge < -0.3 is 19.5 Å². The lowest BCUT2D eigenvalue weighted by molar-refractivity contribution is -0.120. The fourth-order valence-corrected chi connectivity index (χ4v) is 5.97. The van der Waals surface area contributed by atoms with Gasteiger partial charge >= 0.3 is 0 Å². The lowest BCUT2D eigenvalue weighted by atomic mass is 9.95. The molecule has 4 aromatic carbocycles. The summed E-state index contributed by atoms with van der Waals surface area (Å²) in [5.74, 6) is 0.766. The van der Waals surface area contributed by atoms with Crippen LogP contribution in [0.1, 0.15) is 29.7 Å². The van der Waals surface area contributed by atoms with Crippen molar-refractivity contribution in [3.05, 3.63) is 114 Å². The topological polar surface area (TPSA) is 94.2 Å². The molecular formula is C32H34N2O6S. The number of sulfonamides is 1. The van der Waals surface area contributed by atoms with E-state index < -0.39 is 28.5 Å². The predicted molar refractivity (Wildman–Crippen MR) is 159 cm³/mol. The van der Waals surface area contributed by atoms with Gasteiger partial charge in [-0.2, -0.15) is 0 Å². The lowest BCUT2D eigenvalue weighted by Gasteiger charge is -2.27. The average Bonchev–Trinajstić information content (AvgIpc) is 2.99. The number of ether oxygens (including phenoxy) is 3. The van der Waals surface area contributed by atoms with E-state index in [0.717, 1.165) is 21.0 Å². The van der Waals surface area contributed by atoms with E-state index in [-0.39, 0.29) is 10.6 Å². The normalized spacial score (nSPS) is 11.8. The third kappa shape index (κ3) is 6.81. The predicted octanol–water partition coefficient (Wildman–Crippen LogP) is 5.51. The molecule has 0 fully saturated rings. The number of nitrogens with one attached hydrogen (secondary N) is 1. The zero-order valence-corrected chi connectivity index (χ0v) is 24.4. The fraction of sp³-hybridized carbons (Fsp3) is 0.219. The zero-order chi connectivity index (χ0) is 29.4. The number of hydrogen-bond acceptors (Lipinski definition) is 6. The van der Waals surface area contributed by atoms with Crippen LogP contribution in [0.3, 0.4) is 0 Å². The molecule has 9 heteroatoms. The summed E-state index contributed by atoms with van der Waals surface area (Å²) < 4.78 is 45.3. The van der Waals surface area contributed by atoms with Crippen LogP contribution in [-0.4, -0.2) is 41.7 Å². The average molecular weight is 575 g/mol. The summed E-state index contributed by atoms with van der Waals surface area (Å²) in [4.78, 5) is 13.6.